The van der Waals surface area contributed by atoms with Crippen LogP contribution < -0.4 is 0 Å². The lowest BCUT2D eigenvalue weighted by Crippen LogP contribution is -2.27. The first kappa shape index (κ1) is 18.9. The minimum Gasteiger partial charge on any atom is -0.364 e. The van der Waals surface area contributed by atoms with Crippen LogP contribution in [-0.4, -0.2) is 0 Å². The van der Waals surface area contributed by atoms with E-state index in [0.717, 1.165) is 22.3 Å². The van der Waals surface area contributed by atoms with Crippen molar-refractivity contribution in [3.05, 3.63) is 155 Å². The fraction of sp³-hybridized carbons (Fsp3) is 0.188. The minimum absolute atomic E-state index is 0.0214. The first-order chi connectivity index (χ1) is 16.6. The van der Waals surface area contributed by atoms with Crippen LogP contribution in [0.2, 0.25) is 0 Å². The predicted octanol–water partition coefficient (Wildman–Crippen LogP) is 6.81. The molecule has 2 nitrogen and oxygen atoms in total. The molecule has 4 aliphatic heterocycles. The van der Waals surface area contributed by atoms with E-state index in [1.807, 2.05) is 0 Å². The topological polar surface area (TPSA) is 18.5 Å². The van der Waals surface area contributed by atoms with Gasteiger partial charge < -0.3 is 9.47 Å². The molecule has 0 N–H and O–H groups in total. The van der Waals surface area contributed by atoms with Gasteiger partial charge in [-0.3, -0.25) is 0 Å². The molecule has 4 bridgehead atoms. The monoisotopic (exact) mass is 440 g/mol. The Hall–Kier alpha value is -3.46. The van der Waals surface area contributed by atoms with Crippen molar-refractivity contribution >= 4 is 0 Å². The smallest absolute Gasteiger partial charge is 0.139 e. The number of hydrogen-bond acceptors (Lipinski definition) is 2. The van der Waals surface area contributed by atoms with Crippen LogP contribution in [0.25, 0.3) is 0 Å². The zero-order chi connectivity index (χ0) is 22.7. The van der Waals surface area contributed by atoms with Crippen molar-refractivity contribution in [3.8, 4) is 0 Å². The summed E-state index contributed by atoms with van der Waals surface area (Å²) in [7, 11) is 0. The molecule has 6 unspecified atom stereocenters. The largest absolute Gasteiger partial charge is 0.364 e. The van der Waals surface area contributed by atoms with Crippen molar-refractivity contribution in [3.63, 3.8) is 0 Å². The van der Waals surface area contributed by atoms with E-state index in [-0.39, 0.29) is 24.0 Å². The number of fused-ring (bicyclic) bond motifs is 13. The summed E-state index contributed by atoms with van der Waals surface area (Å²) in [5, 5.41) is 0. The average Bonchev–Trinajstić information content (AvgIpc) is 3.64. The fourth-order valence-corrected chi connectivity index (χ4v) is 7.10. The molecule has 0 radical (unpaired) electrons. The number of rotatable bonds is 2. The third-order valence-electron chi connectivity index (χ3n) is 8.62. The van der Waals surface area contributed by atoms with Crippen molar-refractivity contribution in [2.45, 2.75) is 23.4 Å². The quantitative estimate of drug-likeness (QED) is 0.407. The molecular formula is C32H24O2. The third-order valence-corrected chi connectivity index (χ3v) is 8.62. The van der Waals surface area contributed by atoms with Crippen LogP contribution in [0.15, 0.2) is 121 Å². The van der Waals surface area contributed by atoms with Gasteiger partial charge in [-0.2, -0.15) is 0 Å². The Kier molecular flexibility index (Phi) is 3.42. The highest BCUT2D eigenvalue weighted by atomic mass is 16.5. The second kappa shape index (κ2) is 6.15. The summed E-state index contributed by atoms with van der Waals surface area (Å²) in [6.07, 6.45) is 8.78. The lowest BCUT2D eigenvalue weighted by Gasteiger charge is -2.35. The third kappa shape index (κ3) is 2.06. The SMILES string of the molecule is C=C1C=CC(=C)C2C3OC(c4cc5c(cc43)C3(c4ccccc4)C=CC5(c4ccccc4)O3)C12. The molecule has 4 heterocycles. The van der Waals surface area contributed by atoms with Gasteiger partial charge in [-0.15, -0.1) is 0 Å². The van der Waals surface area contributed by atoms with Crippen LogP contribution in [0.5, 0.6) is 0 Å². The summed E-state index contributed by atoms with van der Waals surface area (Å²) in [5.41, 5.74) is 8.44. The van der Waals surface area contributed by atoms with E-state index in [4.69, 9.17) is 9.47 Å². The molecular weight excluding hydrogens is 416 g/mol. The van der Waals surface area contributed by atoms with E-state index < -0.39 is 11.2 Å². The Morgan fingerprint density at radius 2 is 1.06 bits per heavy atom. The standard InChI is InChI=1S/C32H24O2/c1-19-13-14-20(2)28-27(19)29-23-17-25-26(18-24(23)30(28)33-29)32(22-11-7-4-8-12-22)16-15-31(25,34-32)21-9-5-3-6-10-21/h3-18,27-30H,1-2H2. The van der Waals surface area contributed by atoms with Gasteiger partial charge in [0.2, 0.25) is 0 Å². The van der Waals surface area contributed by atoms with Gasteiger partial charge in [-0.1, -0.05) is 86.0 Å². The molecule has 0 spiro atoms. The summed E-state index contributed by atoms with van der Waals surface area (Å²) in [6, 6.07) is 25.9. The van der Waals surface area contributed by atoms with Crippen molar-refractivity contribution in [2.24, 2.45) is 11.8 Å². The fourth-order valence-electron chi connectivity index (χ4n) is 7.10. The number of benzene rings is 3. The van der Waals surface area contributed by atoms with Crippen molar-refractivity contribution in [1.82, 2.24) is 0 Å². The van der Waals surface area contributed by atoms with Gasteiger partial charge in [0.05, 0.1) is 12.2 Å². The van der Waals surface area contributed by atoms with Gasteiger partial charge in [0.15, 0.2) is 0 Å². The summed E-state index contributed by atoms with van der Waals surface area (Å²) in [5.74, 6) is 0.526. The zero-order valence-electron chi connectivity index (χ0n) is 18.8. The minimum atomic E-state index is -0.601. The number of ether oxygens (including phenoxy) is 2. The van der Waals surface area contributed by atoms with Crippen LogP contribution in [0.3, 0.4) is 0 Å². The molecule has 0 amide bonds. The van der Waals surface area contributed by atoms with Gasteiger partial charge >= 0.3 is 0 Å². The maximum atomic E-state index is 7.12. The van der Waals surface area contributed by atoms with E-state index in [1.54, 1.807) is 0 Å². The Morgan fingerprint density at radius 1 is 0.618 bits per heavy atom. The predicted molar refractivity (Wildman–Crippen MR) is 132 cm³/mol. The van der Waals surface area contributed by atoms with E-state index in [1.165, 1.54) is 22.3 Å². The molecule has 5 aliphatic rings. The van der Waals surface area contributed by atoms with Crippen LogP contribution in [0.4, 0.5) is 0 Å². The molecule has 3 aromatic rings. The van der Waals surface area contributed by atoms with Crippen LogP contribution >= 0.6 is 0 Å². The zero-order valence-corrected chi connectivity index (χ0v) is 18.8. The van der Waals surface area contributed by atoms with Gasteiger partial charge in [0, 0.05) is 11.8 Å². The van der Waals surface area contributed by atoms with Crippen molar-refractivity contribution < 1.29 is 9.47 Å². The summed E-state index contributed by atoms with van der Waals surface area (Å²) >= 11 is 0. The molecule has 164 valence electrons. The summed E-state index contributed by atoms with van der Waals surface area (Å²) in [6.45, 7) is 8.72. The second-order valence-electron chi connectivity index (χ2n) is 10.2. The lowest BCUT2D eigenvalue weighted by atomic mass is 9.65. The van der Waals surface area contributed by atoms with Crippen LogP contribution in [0.1, 0.15) is 45.6 Å². The van der Waals surface area contributed by atoms with E-state index in [0.29, 0.717) is 0 Å². The molecule has 1 aliphatic carbocycles. The summed E-state index contributed by atoms with van der Waals surface area (Å²) < 4.78 is 13.8. The first-order valence-corrected chi connectivity index (χ1v) is 12.0. The molecule has 1 saturated heterocycles. The average molecular weight is 441 g/mol. The normalized spacial score (nSPS) is 35.5. The Labute approximate surface area is 199 Å². The maximum absolute atomic E-state index is 7.12. The van der Waals surface area contributed by atoms with Crippen molar-refractivity contribution in [2.75, 3.05) is 0 Å². The Balaban J connectivity index is 1.38. The highest BCUT2D eigenvalue weighted by Crippen LogP contribution is 2.66. The Bertz CT molecular complexity index is 1360. The highest BCUT2D eigenvalue weighted by Gasteiger charge is 2.60. The van der Waals surface area contributed by atoms with Crippen LogP contribution in [-0.2, 0) is 20.7 Å². The van der Waals surface area contributed by atoms with E-state index >= 15 is 0 Å². The van der Waals surface area contributed by atoms with Gasteiger partial charge in [-0.05, 0) is 68.8 Å². The highest BCUT2D eigenvalue weighted by molar-refractivity contribution is 5.65. The first-order valence-electron chi connectivity index (χ1n) is 12.0. The lowest BCUT2D eigenvalue weighted by molar-refractivity contribution is -0.0239. The van der Waals surface area contributed by atoms with E-state index in [2.05, 4.69) is 110 Å². The molecule has 0 saturated carbocycles. The molecule has 2 heteroatoms. The number of allylic oxidation sites excluding steroid dienone is 2. The molecule has 3 aromatic carbocycles. The second-order valence-corrected chi connectivity index (χ2v) is 10.2. The van der Waals surface area contributed by atoms with Gasteiger partial charge in [0.25, 0.3) is 0 Å². The van der Waals surface area contributed by atoms with Gasteiger partial charge in [-0.25, -0.2) is 0 Å². The molecule has 6 atom stereocenters. The maximum Gasteiger partial charge on any atom is 0.139 e. The van der Waals surface area contributed by atoms with Crippen LogP contribution in [0, 0.1) is 11.8 Å². The van der Waals surface area contributed by atoms with Gasteiger partial charge in [0.1, 0.15) is 11.2 Å². The number of hydrogen-bond donors (Lipinski definition) is 0. The molecule has 0 aromatic heterocycles. The molecule has 8 rings (SSSR count). The molecule has 1 fully saturated rings. The van der Waals surface area contributed by atoms with Crippen molar-refractivity contribution in [1.29, 1.82) is 0 Å². The molecule has 34 heavy (non-hydrogen) atoms. The van der Waals surface area contributed by atoms with E-state index in [9.17, 15) is 0 Å². The summed E-state index contributed by atoms with van der Waals surface area (Å²) in [4.78, 5) is 0. The Morgan fingerprint density at radius 3 is 1.50 bits per heavy atom.